The number of nitrogens with two attached hydrogens (primary N) is 2. The van der Waals surface area contributed by atoms with E-state index < -0.39 is 59.1 Å². The highest BCUT2D eigenvalue weighted by Gasteiger charge is 2.31. The topological polar surface area (TPSA) is 227 Å². The van der Waals surface area contributed by atoms with Crippen molar-refractivity contribution in [3.8, 4) is 0 Å². The van der Waals surface area contributed by atoms with Crippen LogP contribution in [0.25, 0.3) is 43.1 Å². The highest BCUT2D eigenvalue weighted by Crippen LogP contribution is 2.22. The second-order valence-corrected chi connectivity index (χ2v) is 19.7. The molecule has 76 heavy (non-hydrogen) atoms. The van der Waals surface area contributed by atoms with Gasteiger partial charge in [-0.3, -0.25) is 28.8 Å². The summed E-state index contributed by atoms with van der Waals surface area (Å²) >= 11 is 0. The molecule has 10 N–H and O–H groups in total. The molecule has 0 aromatic heterocycles. The molecule has 0 saturated carbocycles. The second kappa shape index (κ2) is 26.7. The van der Waals surface area contributed by atoms with Gasteiger partial charge in [0.25, 0.3) is 0 Å². The highest BCUT2D eigenvalue weighted by atomic mass is 16.2. The number of carbonyl (C=O) groups excluding carboxylic acids is 6. The SMILES string of the molecule is C.C.CC(C)(N)C(=O)N[C@H](Cc1ccc2ccccc2c1)C(=O)N[C@H](Cc1ccc2ccccc2c1)NC=O.CC(C)(N)C(=O)N[C@H](Cc1cccc2ccccc12)C(=O)N[C@H](Cc1ccc2ccccc2c1)NC=O. The normalized spacial score (nSPS) is 12.7. The predicted molar refractivity (Wildman–Crippen MR) is 307 cm³/mol. The van der Waals surface area contributed by atoms with E-state index in [1.165, 1.54) is 0 Å². The third-order valence-corrected chi connectivity index (χ3v) is 12.7. The van der Waals surface area contributed by atoms with Gasteiger partial charge in [0, 0.05) is 25.7 Å². The number of rotatable bonds is 20. The van der Waals surface area contributed by atoms with Gasteiger partial charge in [-0.25, -0.2) is 0 Å². The van der Waals surface area contributed by atoms with E-state index in [0.717, 1.165) is 65.3 Å². The predicted octanol–water partition coefficient (Wildman–Crippen LogP) is 7.65. The van der Waals surface area contributed by atoms with Gasteiger partial charge < -0.3 is 43.4 Å². The Bertz CT molecular complexity index is 3280. The minimum Gasteiger partial charge on any atom is -0.342 e. The summed E-state index contributed by atoms with van der Waals surface area (Å²) in [7, 11) is 0. The molecule has 0 unspecified atom stereocenters. The minimum absolute atomic E-state index is 0. The van der Waals surface area contributed by atoms with Crippen molar-refractivity contribution >= 4 is 79.5 Å². The monoisotopic (exact) mass is 1020 g/mol. The zero-order valence-electron chi connectivity index (χ0n) is 42.1. The zero-order valence-corrected chi connectivity index (χ0v) is 42.1. The molecular formula is C62H72N8O6. The lowest BCUT2D eigenvalue weighted by Gasteiger charge is -2.26. The van der Waals surface area contributed by atoms with Gasteiger partial charge in [-0.1, -0.05) is 185 Å². The first-order valence-electron chi connectivity index (χ1n) is 24.6. The zero-order chi connectivity index (χ0) is 52.8. The largest absolute Gasteiger partial charge is 0.342 e. The fourth-order valence-corrected chi connectivity index (χ4v) is 8.61. The highest BCUT2D eigenvalue weighted by molar-refractivity contribution is 5.94. The average Bonchev–Trinajstić information content (AvgIpc) is 3.38. The molecule has 0 spiro atoms. The van der Waals surface area contributed by atoms with Crippen molar-refractivity contribution in [2.45, 2.75) is 104 Å². The van der Waals surface area contributed by atoms with E-state index in [1.54, 1.807) is 27.7 Å². The van der Waals surface area contributed by atoms with Crippen molar-refractivity contribution in [1.82, 2.24) is 31.9 Å². The number of fused-ring (bicyclic) bond motifs is 4. The van der Waals surface area contributed by atoms with E-state index in [9.17, 15) is 28.8 Å². The van der Waals surface area contributed by atoms with Crippen LogP contribution in [-0.4, -0.2) is 71.9 Å². The lowest BCUT2D eigenvalue weighted by Crippen LogP contribution is -2.59. The van der Waals surface area contributed by atoms with Gasteiger partial charge in [-0.15, -0.1) is 0 Å². The van der Waals surface area contributed by atoms with Crippen LogP contribution in [0.1, 0.15) is 64.8 Å². The quantitative estimate of drug-likeness (QED) is 0.0279. The van der Waals surface area contributed by atoms with Gasteiger partial charge >= 0.3 is 0 Å². The number of hydrogen-bond acceptors (Lipinski definition) is 8. The molecule has 6 amide bonds. The molecule has 0 heterocycles. The Morgan fingerprint density at radius 1 is 0.421 bits per heavy atom. The van der Waals surface area contributed by atoms with Crippen molar-refractivity contribution in [3.05, 3.63) is 192 Å². The summed E-state index contributed by atoms with van der Waals surface area (Å²) in [6.45, 7) is 6.35. The molecule has 0 bridgehead atoms. The average molecular weight is 1030 g/mol. The van der Waals surface area contributed by atoms with Crippen LogP contribution in [0, 0.1) is 0 Å². The van der Waals surface area contributed by atoms with Gasteiger partial charge in [0.15, 0.2) is 0 Å². The summed E-state index contributed by atoms with van der Waals surface area (Å²) in [5, 5.41) is 25.3. The van der Waals surface area contributed by atoms with Crippen LogP contribution >= 0.6 is 0 Å². The van der Waals surface area contributed by atoms with E-state index in [1.807, 2.05) is 170 Å². The van der Waals surface area contributed by atoms with Gasteiger partial charge in [0.05, 0.1) is 11.1 Å². The standard InChI is InChI=1S/2C30H32N4O3.2CH4/c1-30(2,31)29(37)33-26(17-20-11-13-22-7-3-5-9-24(22)15-20)28(36)34-27(32-19-35)18-21-12-14-23-8-4-6-10-25(23)16-21;1-30(2,31)29(37)33-26(18-24-12-7-11-22-9-5-6-13-25(22)24)28(36)34-27(32-19-35)17-20-14-15-21-8-3-4-10-23(21)16-20;;/h2*3-16,19,26-27H,17-18,31H2,1-2H3,(H,32,35)(H,33,37)(H,34,36);2*1H4/t2*26-,27-;;/m11../s1. The van der Waals surface area contributed by atoms with E-state index in [0.29, 0.717) is 25.7 Å². The van der Waals surface area contributed by atoms with Crippen LogP contribution in [0.15, 0.2) is 170 Å². The molecular weight excluding hydrogens is 953 g/mol. The second-order valence-electron chi connectivity index (χ2n) is 19.7. The Hall–Kier alpha value is -8.46. The fraction of sp³-hybridized carbons (Fsp3) is 0.258. The lowest BCUT2D eigenvalue weighted by atomic mass is 9.97. The maximum Gasteiger partial charge on any atom is 0.244 e. The van der Waals surface area contributed by atoms with Crippen LogP contribution in [-0.2, 0) is 54.5 Å². The molecule has 14 nitrogen and oxygen atoms in total. The number of carbonyl (C=O) groups is 6. The van der Waals surface area contributed by atoms with Crippen LogP contribution < -0.4 is 43.4 Å². The summed E-state index contributed by atoms with van der Waals surface area (Å²) in [4.78, 5) is 75.2. The van der Waals surface area contributed by atoms with Gasteiger partial charge in [-0.05, 0) is 93.0 Å². The Morgan fingerprint density at radius 2 is 0.763 bits per heavy atom. The van der Waals surface area contributed by atoms with Crippen LogP contribution in [0.3, 0.4) is 0 Å². The number of nitrogens with one attached hydrogen (secondary N) is 6. The molecule has 8 aromatic carbocycles. The Morgan fingerprint density at radius 3 is 1.16 bits per heavy atom. The van der Waals surface area contributed by atoms with Crippen molar-refractivity contribution in [2.75, 3.05) is 0 Å². The fourth-order valence-electron chi connectivity index (χ4n) is 8.61. The molecule has 0 aliphatic heterocycles. The molecule has 0 radical (unpaired) electrons. The molecule has 8 aromatic rings. The summed E-state index contributed by atoms with van der Waals surface area (Å²) in [5.74, 6) is -1.71. The van der Waals surface area contributed by atoms with Gasteiger partial charge in [-0.2, -0.15) is 0 Å². The van der Waals surface area contributed by atoms with E-state index in [4.69, 9.17) is 11.5 Å². The van der Waals surface area contributed by atoms with E-state index in [-0.39, 0.29) is 27.7 Å². The van der Waals surface area contributed by atoms with Crippen LogP contribution in [0.4, 0.5) is 0 Å². The van der Waals surface area contributed by atoms with Crippen LogP contribution in [0.2, 0.25) is 0 Å². The maximum atomic E-state index is 13.5. The summed E-state index contributed by atoms with van der Waals surface area (Å²) in [5.41, 5.74) is 13.4. The van der Waals surface area contributed by atoms with Crippen molar-refractivity contribution in [3.63, 3.8) is 0 Å². The third-order valence-electron chi connectivity index (χ3n) is 12.7. The van der Waals surface area contributed by atoms with Gasteiger partial charge in [0.1, 0.15) is 24.4 Å². The van der Waals surface area contributed by atoms with Crippen molar-refractivity contribution in [2.24, 2.45) is 11.5 Å². The summed E-state index contributed by atoms with van der Waals surface area (Å²) in [6, 6.07) is 53.9. The molecule has 0 aliphatic carbocycles. The number of amides is 6. The smallest absolute Gasteiger partial charge is 0.244 e. The lowest BCUT2D eigenvalue weighted by molar-refractivity contribution is -0.131. The first-order chi connectivity index (χ1) is 35.5. The molecule has 14 heteroatoms. The third kappa shape index (κ3) is 16.0. The number of hydrogen-bond donors (Lipinski definition) is 8. The van der Waals surface area contributed by atoms with Gasteiger partial charge in [0.2, 0.25) is 36.4 Å². The van der Waals surface area contributed by atoms with E-state index >= 15 is 0 Å². The summed E-state index contributed by atoms with van der Waals surface area (Å²) < 4.78 is 0. The van der Waals surface area contributed by atoms with Crippen molar-refractivity contribution < 1.29 is 28.8 Å². The van der Waals surface area contributed by atoms with Crippen LogP contribution in [0.5, 0.6) is 0 Å². The maximum absolute atomic E-state index is 13.5. The molecule has 4 atom stereocenters. The van der Waals surface area contributed by atoms with Crippen molar-refractivity contribution in [1.29, 1.82) is 0 Å². The first kappa shape index (κ1) is 58.4. The molecule has 8 rings (SSSR count). The molecule has 396 valence electrons. The molecule has 0 fully saturated rings. The Kier molecular flexibility index (Phi) is 20.5. The minimum atomic E-state index is -1.16. The first-order valence-corrected chi connectivity index (χ1v) is 24.6. The number of benzene rings is 8. The molecule has 0 saturated heterocycles. The van der Waals surface area contributed by atoms with E-state index in [2.05, 4.69) is 31.9 Å². The molecule has 0 aliphatic rings. The Labute approximate surface area is 445 Å². The summed E-state index contributed by atoms with van der Waals surface area (Å²) in [6.07, 6.45) is 1.10. The Balaban J connectivity index is 0.000000274.